The fourth-order valence-electron chi connectivity index (χ4n) is 1.53. The maximum absolute atomic E-state index is 11.7. The van der Waals surface area contributed by atoms with Crippen molar-refractivity contribution in [2.75, 3.05) is 5.32 Å². The van der Waals surface area contributed by atoms with Crippen molar-refractivity contribution < 1.29 is 4.79 Å². The minimum atomic E-state index is -0.220. The molecule has 0 saturated carbocycles. The van der Waals surface area contributed by atoms with Crippen LogP contribution in [0.4, 0.5) is 11.5 Å². The molecule has 0 atom stereocenters. The zero-order valence-electron chi connectivity index (χ0n) is 11.2. The van der Waals surface area contributed by atoms with Crippen LogP contribution in [0, 0.1) is 0 Å². The molecule has 0 fully saturated rings. The molecular weight excluding hydrogens is 320 g/mol. The molecule has 104 valence electrons. The van der Waals surface area contributed by atoms with Crippen LogP contribution < -0.4 is 10.6 Å². The van der Waals surface area contributed by atoms with Crippen LogP contribution in [0.1, 0.15) is 24.3 Å². The van der Waals surface area contributed by atoms with Gasteiger partial charge in [0.2, 0.25) is 0 Å². The molecule has 5 nitrogen and oxygen atoms in total. The Morgan fingerprint density at radius 2 is 1.85 bits per heavy atom. The molecule has 0 saturated heterocycles. The van der Waals surface area contributed by atoms with Crippen molar-refractivity contribution >= 4 is 33.3 Å². The van der Waals surface area contributed by atoms with Gasteiger partial charge < -0.3 is 10.6 Å². The number of anilines is 2. The first kappa shape index (κ1) is 14.5. The molecule has 1 heterocycles. The summed E-state index contributed by atoms with van der Waals surface area (Å²) in [5.41, 5.74) is 1.21. The van der Waals surface area contributed by atoms with Crippen LogP contribution in [-0.2, 0) is 0 Å². The van der Waals surface area contributed by atoms with Gasteiger partial charge in [-0.25, -0.2) is 9.97 Å². The van der Waals surface area contributed by atoms with E-state index in [4.69, 9.17) is 0 Å². The van der Waals surface area contributed by atoms with Gasteiger partial charge in [-0.1, -0.05) is 15.9 Å². The van der Waals surface area contributed by atoms with Gasteiger partial charge in [-0.15, -0.1) is 0 Å². The third-order valence-electron chi connectivity index (χ3n) is 2.42. The van der Waals surface area contributed by atoms with E-state index >= 15 is 0 Å². The van der Waals surface area contributed by atoms with E-state index in [2.05, 4.69) is 36.5 Å². The van der Waals surface area contributed by atoms with Crippen molar-refractivity contribution in [3.05, 3.63) is 46.8 Å². The predicted octanol–water partition coefficient (Wildman–Crippen LogP) is 3.12. The summed E-state index contributed by atoms with van der Waals surface area (Å²) in [6.07, 6.45) is 3.00. The highest BCUT2D eigenvalue weighted by molar-refractivity contribution is 9.10. The lowest BCUT2D eigenvalue weighted by Crippen LogP contribution is -2.30. The summed E-state index contributed by atoms with van der Waals surface area (Å²) >= 11 is 3.38. The molecule has 6 heteroatoms. The number of aromatic nitrogens is 2. The molecule has 20 heavy (non-hydrogen) atoms. The molecule has 0 aliphatic rings. The summed E-state index contributed by atoms with van der Waals surface area (Å²) in [5.74, 6) is 0.371. The number of nitrogens with one attached hydrogen (secondary N) is 2. The van der Waals surface area contributed by atoms with Crippen LogP contribution in [0.2, 0.25) is 0 Å². The van der Waals surface area contributed by atoms with Crippen molar-refractivity contribution in [1.29, 1.82) is 0 Å². The first-order valence-corrected chi connectivity index (χ1v) is 6.99. The average Bonchev–Trinajstić information content (AvgIpc) is 2.41. The Labute approximate surface area is 126 Å². The number of rotatable bonds is 4. The van der Waals surface area contributed by atoms with E-state index in [-0.39, 0.29) is 11.9 Å². The minimum absolute atomic E-state index is 0.0740. The van der Waals surface area contributed by atoms with Crippen LogP contribution in [-0.4, -0.2) is 21.9 Å². The Morgan fingerprint density at radius 3 is 2.40 bits per heavy atom. The first-order chi connectivity index (χ1) is 9.54. The molecule has 2 aromatic rings. The van der Waals surface area contributed by atoms with Gasteiger partial charge in [0, 0.05) is 16.2 Å². The molecule has 1 amide bonds. The van der Waals surface area contributed by atoms with Crippen LogP contribution in [0.5, 0.6) is 0 Å². The van der Waals surface area contributed by atoms with E-state index in [1.165, 1.54) is 12.4 Å². The SMILES string of the molecule is CC(C)NC(=O)c1cnc(Nc2ccc(Br)cc2)cn1. The Hall–Kier alpha value is -1.95. The summed E-state index contributed by atoms with van der Waals surface area (Å²) < 4.78 is 1.01. The molecular formula is C14H15BrN4O. The smallest absolute Gasteiger partial charge is 0.271 e. The quantitative estimate of drug-likeness (QED) is 0.901. The number of hydrogen-bond donors (Lipinski definition) is 2. The van der Waals surface area contributed by atoms with Gasteiger partial charge in [-0.2, -0.15) is 0 Å². The highest BCUT2D eigenvalue weighted by Gasteiger charge is 2.08. The number of amides is 1. The molecule has 0 spiro atoms. The van der Waals surface area contributed by atoms with Crippen LogP contribution in [0.15, 0.2) is 41.1 Å². The second kappa shape index (κ2) is 6.47. The molecule has 0 radical (unpaired) electrons. The Bertz CT molecular complexity index is 581. The van der Waals surface area contributed by atoms with Gasteiger partial charge in [0.25, 0.3) is 5.91 Å². The Balaban J connectivity index is 2.04. The molecule has 2 rings (SSSR count). The number of benzene rings is 1. The second-order valence-corrected chi connectivity index (χ2v) is 5.46. The van der Waals surface area contributed by atoms with Crippen molar-refractivity contribution in [3.8, 4) is 0 Å². The number of nitrogens with zero attached hydrogens (tertiary/aromatic N) is 2. The topological polar surface area (TPSA) is 66.9 Å². The van der Waals surface area contributed by atoms with Gasteiger partial charge >= 0.3 is 0 Å². The van der Waals surface area contributed by atoms with Gasteiger partial charge in [0.15, 0.2) is 0 Å². The number of halogens is 1. The fourth-order valence-corrected chi connectivity index (χ4v) is 1.79. The van der Waals surface area contributed by atoms with Crippen molar-refractivity contribution in [1.82, 2.24) is 15.3 Å². The highest BCUT2D eigenvalue weighted by atomic mass is 79.9. The van der Waals surface area contributed by atoms with Gasteiger partial charge in [-0.05, 0) is 38.1 Å². The number of hydrogen-bond acceptors (Lipinski definition) is 4. The summed E-state index contributed by atoms with van der Waals surface area (Å²) in [6, 6.07) is 7.78. The molecule has 0 aliphatic heterocycles. The lowest BCUT2D eigenvalue weighted by Gasteiger charge is -2.08. The molecule has 0 aliphatic carbocycles. The van der Waals surface area contributed by atoms with Gasteiger partial charge in [-0.3, -0.25) is 4.79 Å². The molecule has 0 unspecified atom stereocenters. The molecule has 1 aromatic heterocycles. The Morgan fingerprint density at radius 1 is 1.15 bits per heavy atom. The molecule has 0 bridgehead atoms. The highest BCUT2D eigenvalue weighted by Crippen LogP contribution is 2.17. The largest absolute Gasteiger partial charge is 0.348 e. The maximum atomic E-state index is 11.7. The number of carbonyl (C=O) groups excluding carboxylic acids is 1. The summed E-state index contributed by atoms with van der Waals surface area (Å²) in [6.45, 7) is 3.80. The normalized spacial score (nSPS) is 10.4. The summed E-state index contributed by atoms with van der Waals surface area (Å²) in [4.78, 5) is 20.0. The van der Waals surface area contributed by atoms with E-state index in [1.807, 2.05) is 38.1 Å². The summed E-state index contributed by atoms with van der Waals surface area (Å²) in [5, 5.41) is 5.88. The first-order valence-electron chi connectivity index (χ1n) is 6.20. The van der Waals surface area contributed by atoms with E-state index < -0.39 is 0 Å². The standard InChI is InChI=1S/C14H15BrN4O/c1-9(2)18-14(20)12-7-17-13(8-16-12)19-11-5-3-10(15)4-6-11/h3-9H,1-2H3,(H,17,19)(H,18,20). The Kier molecular flexibility index (Phi) is 4.68. The van der Waals surface area contributed by atoms with Crippen LogP contribution in [0.3, 0.4) is 0 Å². The zero-order valence-corrected chi connectivity index (χ0v) is 12.8. The zero-order chi connectivity index (χ0) is 14.5. The average molecular weight is 335 g/mol. The van der Waals surface area contributed by atoms with Crippen molar-refractivity contribution in [2.45, 2.75) is 19.9 Å². The fraction of sp³-hybridized carbons (Fsp3) is 0.214. The summed E-state index contributed by atoms with van der Waals surface area (Å²) in [7, 11) is 0. The van der Waals surface area contributed by atoms with Crippen LogP contribution in [0.25, 0.3) is 0 Å². The van der Waals surface area contributed by atoms with E-state index in [9.17, 15) is 4.79 Å². The number of carbonyl (C=O) groups is 1. The van der Waals surface area contributed by atoms with Crippen molar-refractivity contribution in [3.63, 3.8) is 0 Å². The van der Waals surface area contributed by atoms with Gasteiger partial charge in [0.1, 0.15) is 11.5 Å². The third-order valence-corrected chi connectivity index (χ3v) is 2.95. The monoisotopic (exact) mass is 334 g/mol. The van der Waals surface area contributed by atoms with Crippen LogP contribution >= 0.6 is 15.9 Å². The van der Waals surface area contributed by atoms with E-state index in [1.54, 1.807) is 0 Å². The lowest BCUT2D eigenvalue weighted by molar-refractivity contribution is 0.0937. The van der Waals surface area contributed by atoms with Gasteiger partial charge in [0.05, 0.1) is 12.4 Å². The third kappa shape index (κ3) is 4.03. The van der Waals surface area contributed by atoms with E-state index in [0.29, 0.717) is 11.5 Å². The maximum Gasteiger partial charge on any atom is 0.271 e. The molecule has 2 N–H and O–H groups in total. The second-order valence-electron chi connectivity index (χ2n) is 4.55. The van der Waals surface area contributed by atoms with Crippen molar-refractivity contribution in [2.24, 2.45) is 0 Å². The lowest BCUT2D eigenvalue weighted by atomic mass is 10.3. The predicted molar refractivity (Wildman–Crippen MR) is 82.1 cm³/mol. The van der Waals surface area contributed by atoms with E-state index in [0.717, 1.165) is 10.2 Å². The molecule has 1 aromatic carbocycles. The minimum Gasteiger partial charge on any atom is -0.348 e.